The minimum Gasteiger partial charge on any atom is -0.340 e. The van der Waals surface area contributed by atoms with E-state index in [1.54, 1.807) is 30.5 Å². The van der Waals surface area contributed by atoms with E-state index in [9.17, 15) is 9.59 Å². The quantitative estimate of drug-likeness (QED) is 0.485. The summed E-state index contributed by atoms with van der Waals surface area (Å²) in [5.41, 5.74) is 5.18. The molecule has 2 N–H and O–H groups in total. The van der Waals surface area contributed by atoms with Crippen LogP contribution in [0.25, 0.3) is 0 Å². The van der Waals surface area contributed by atoms with Gasteiger partial charge in [-0.25, -0.2) is 5.43 Å². The van der Waals surface area contributed by atoms with Crippen molar-refractivity contribution in [2.75, 3.05) is 0 Å². The fraction of sp³-hybridized carbons (Fsp3) is 0.375. The monoisotopic (exact) mass is 427 g/mol. The molecule has 0 aliphatic carbocycles. The number of amides is 2. The van der Waals surface area contributed by atoms with Gasteiger partial charge in [-0.15, -0.1) is 0 Å². The molecule has 0 saturated heterocycles. The van der Waals surface area contributed by atoms with Gasteiger partial charge >= 0.3 is 0 Å². The normalized spacial score (nSPS) is 12.8. The van der Waals surface area contributed by atoms with Crippen LogP contribution in [0.2, 0.25) is 5.02 Å². The largest absolute Gasteiger partial charge is 0.340 e. The number of carbonyl (C=O) groups is 2. The number of hydrazone groups is 1. The van der Waals surface area contributed by atoms with Crippen LogP contribution in [0.15, 0.2) is 53.6 Å². The van der Waals surface area contributed by atoms with Gasteiger partial charge in [-0.1, -0.05) is 70.5 Å². The Morgan fingerprint density at radius 2 is 1.63 bits per heavy atom. The van der Waals surface area contributed by atoms with E-state index in [0.29, 0.717) is 17.0 Å². The highest BCUT2D eigenvalue weighted by Crippen LogP contribution is 2.21. The zero-order valence-corrected chi connectivity index (χ0v) is 19.0. The molecule has 0 radical (unpaired) electrons. The summed E-state index contributed by atoms with van der Waals surface area (Å²) in [5.74, 6) is -0.456. The van der Waals surface area contributed by atoms with E-state index in [-0.39, 0.29) is 23.1 Å². The fourth-order valence-electron chi connectivity index (χ4n) is 2.86. The summed E-state index contributed by atoms with van der Waals surface area (Å²) in [6.07, 6.45) is 2.10. The van der Waals surface area contributed by atoms with Crippen molar-refractivity contribution in [2.24, 2.45) is 11.0 Å². The summed E-state index contributed by atoms with van der Waals surface area (Å²) < 4.78 is 0. The average molecular weight is 428 g/mol. The minimum atomic E-state index is -0.686. The third kappa shape index (κ3) is 7.30. The SMILES string of the molecule is CC(C)CC(NC(=O)c1ccc(Cl)cc1)C(=O)N/N=C/c1ccc(C(C)(C)C)cc1. The van der Waals surface area contributed by atoms with Gasteiger partial charge in [-0.2, -0.15) is 5.10 Å². The van der Waals surface area contributed by atoms with Crippen molar-refractivity contribution in [3.63, 3.8) is 0 Å². The number of rotatable bonds is 7. The first-order valence-corrected chi connectivity index (χ1v) is 10.4. The first-order chi connectivity index (χ1) is 14.1. The molecule has 2 aromatic rings. The Kier molecular flexibility index (Phi) is 8.18. The lowest BCUT2D eigenvalue weighted by atomic mass is 9.87. The van der Waals surface area contributed by atoms with Crippen molar-refractivity contribution < 1.29 is 9.59 Å². The van der Waals surface area contributed by atoms with Crippen molar-refractivity contribution in [3.8, 4) is 0 Å². The van der Waals surface area contributed by atoms with Crippen LogP contribution in [0.4, 0.5) is 0 Å². The van der Waals surface area contributed by atoms with Gasteiger partial charge < -0.3 is 5.32 Å². The van der Waals surface area contributed by atoms with E-state index in [0.717, 1.165) is 5.56 Å². The van der Waals surface area contributed by atoms with Gasteiger partial charge in [0.2, 0.25) is 0 Å². The van der Waals surface area contributed by atoms with Gasteiger partial charge in [0.25, 0.3) is 11.8 Å². The molecule has 30 heavy (non-hydrogen) atoms. The zero-order valence-electron chi connectivity index (χ0n) is 18.2. The molecule has 2 aromatic carbocycles. The maximum atomic E-state index is 12.6. The lowest BCUT2D eigenvalue weighted by Gasteiger charge is -2.19. The van der Waals surface area contributed by atoms with Crippen LogP contribution in [0.5, 0.6) is 0 Å². The lowest BCUT2D eigenvalue weighted by Crippen LogP contribution is -2.46. The maximum Gasteiger partial charge on any atom is 0.262 e. The van der Waals surface area contributed by atoms with Crippen LogP contribution < -0.4 is 10.7 Å². The van der Waals surface area contributed by atoms with Crippen LogP contribution in [0, 0.1) is 5.92 Å². The number of halogens is 1. The van der Waals surface area contributed by atoms with E-state index in [4.69, 9.17) is 11.6 Å². The number of nitrogens with zero attached hydrogens (tertiary/aromatic N) is 1. The van der Waals surface area contributed by atoms with E-state index >= 15 is 0 Å². The summed E-state index contributed by atoms with van der Waals surface area (Å²) in [4.78, 5) is 25.1. The summed E-state index contributed by atoms with van der Waals surface area (Å²) in [7, 11) is 0. The second kappa shape index (κ2) is 10.4. The second-order valence-electron chi connectivity index (χ2n) is 8.77. The van der Waals surface area contributed by atoms with E-state index < -0.39 is 6.04 Å². The van der Waals surface area contributed by atoms with Gasteiger partial charge in [-0.3, -0.25) is 9.59 Å². The fourth-order valence-corrected chi connectivity index (χ4v) is 2.99. The second-order valence-corrected chi connectivity index (χ2v) is 9.21. The van der Waals surface area contributed by atoms with Crippen molar-refractivity contribution in [1.82, 2.24) is 10.7 Å². The van der Waals surface area contributed by atoms with Crippen LogP contribution >= 0.6 is 11.6 Å². The molecule has 2 amide bonds. The molecule has 0 spiro atoms. The van der Waals surface area contributed by atoms with Crippen molar-refractivity contribution >= 4 is 29.6 Å². The van der Waals surface area contributed by atoms with E-state index in [2.05, 4.69) is 48.7 Å². The topological polar surface area (TPSA) is 70.6 Å². The standard InChI is InChI=1S/C24H30ClN3O2/c1-16(2)14-21(27-22(29)18-8-12-20(25)13-9-18)23(30)28-26-15-17-6-10-19(11-7-17)24(3,4)5/h6-13,15-16,21H,14H2,1-5H3,(H,27,29)(H,28,30)/b26-15+. The summed E-state index contributed by atoms with van der Waals surface area (Å²) in [6, 6.07) is 13.9. The van der Waals surface area contributed by atoms with Gasteiger partial charge in [0, 0.05) is 10.6 Å². The number of nitrogens with one attached hydrogen (secondary N) is 2. The smallest absolute Gasteiger partial charge is 0.262 e. The molecule has 6 heteroatoms. The number of hydrogen-bond acceptors (Lipinski definition) is 3. The first-order valence-electron chi connectivity index (χ1n) is 10.1. The molecule has 0 bridgehead atoms. The van der Waals surface area contributed by atoms with Gasteiger partial charge in [0.15, 0.2) is 0 Å². The maximum absolute atomic E-state index is 12.6. The minimum absolute atomic E-state index is 0.0796. The van der Waals surface area contributed by atoms with Crippen molar-refractivity contribution in [2.45, 2.75) is 52.5 Å². The number of hydrogen-bond donors (Lipinski definition) is 2. The molecule has 1 atom stereocenters. The average Bonchev–Trinajstić information content (AvgIpc) is 2.67. The molecular weight excluding hydrogens is 398 g/mol. The van der Waals surface area contributed by atoms with Crippen molar-refractivity contribution in [1.29, 1.82) is 0 Å². The van der Waals surface area contributed by atoms with Crippen LogP contribution in [-0.4, -0.2) is 24.1 Å². The summed E-state index contributed by atoms with van der Waals surface area (Å²) >= 11 is 5.87. The molecule has 160 valence electrons. The third-order valence-corrected chi connectivity index (χ3v) is 4.85. The molecule has 0 saturated carbocycles. The predicted octanol–water partition coefficient (Wildman–Crippen LogP) is 4.93. The highest BCUT2D eigenvalue weighted by molar-refractivity contribution is 6.30. The van der Waals surface area contributed by atoms with Crippen LogP contribution in [0.3, 0.4) is 0 Å². The lowest BCUT2D eigenvalue weighted by molar-refractivity contribution is -0.123. The molecule has 1 unspecified atom stereocenters. The Balaban J connectivity index is 2.01. The predicted molar refractivity (Wildman–Crippen MR) is 123 cm³/mol. The highest BCUT2D eigenvalue weighted by Gasteiger charge is 2.22. The van der Waals surface area contributed by atoms with Gasteiger partial charge in [-0.05, 0) is 53.1 Å². The van der Waals surface area contributed by atoms with Crippen LogP contribution in [-0.2, 0) is 10.2 Å². The van der Waals surface area contributed by atoms with Crippen LogP contribution in [0.1, 0.15) is 62.5 Å². The van der Waals surface area contributed by atoms with Crippen molar-refractivity contribution in [3.05, 3.63) is 70.2 Å². The Morgan fingerprint density at radius 1 is 1.03 bits per heavy atom. The Bertz CT molecular complexity index is 882. The molecule has 5 nitrogen and oxygen atoms in total. The van der Waals surface area contributed by atoms with Gasteiger partial charge in [0.1, 0.15) is 6.04 Å². The Hall–Kier alpha value is -2.66. The first kappa shape index (κ1) is 23.6. The highest BCUT2D eigenvalue weighted by atomic mass is 35.5. The van der Waals surface area contributed by atoms with E-state index in [1.807, 2.05) is 26.0 Å². The molecule has 0 heterocycles. The Morgan fingerprint density at radius 3 is 2.17 bits per heavy atom. The zero-order chi connectivity index (χ0) is 22.3. The molecule has 2 rings (SSSR count). The summed E-state index contributed by atoms with van der Waals surface area (Å²) in [6.45, 7) is 10.5. The third-order valence-electron chi connectivity index (χ3n) is 4.60. The van der Waals surface area contributed by atoms with E-state index in [1.165, 1.54) is 5.56 Å². The molecule has 0 aromatic heterocycles. The summed E-state index contributed by atoms with van der Waals surface area (Å²) in [5, 5.41) is 7.40. The molecular formula is C24H30ClN3O2. The number of benzene rings is 2. The van der Waals surface area contributed by atoms with Gasteiger partial charge in [0.05, 0.1) is 6.21 Å². The molecule has 0 aliphatic rings. The molecule has 0 aliphatic heterocycles. The number of carbonyl (C=O) groups excluding carboxylic acids is 2. The molecule has 0 fully saturated rings. The Labute approximate surface area is 183 Å².